The summed E-state index contributed by atoms with van der Waals surface area (Å²) in [6.45, 7) is 0.511. The molecule has 1 heterocycles. The Kier molecular flexibility index (Phi) is 5.59. The second kappa shape index (κ2) is 6.73. The highest BCUT2D eigenvalue weighted by Gasteiger charge is 2.08. The number of carbonyl (C=O) groups excluding carboxylic acids is 1. The lowest BCUT2D eigenvalue weighted by atomic mass is 10.2. The summed E-state index contributed by atoms with van der Waals surface area (Å²) in [6.07, 6.45) is 2.41. The van der Waals surface area contributed by atoms with E-state index in [4.69, 9.17) is 16.7 Å². The molecule has 0 fully saturated rings. The van der Waals surface area contributed by atoms with Crippen LogP contribution in [-0.2, 0) is 0 Å². The molecule has 0 saturated heterocycles. The van der Waals surface area contributed by atoms with Gasteiger partial charge in [-0.1, -0.05) is 11.6 Å². The van der Waals surface area contributed by atoms with E-state index < -0.39 is 0 Å². The van der Waals surface area contributed by atoms with E-state index in [1.165, 1.54) is 17.8 Å². The Morgan fingerprint density at radius 1 is 1.62 bits per heavy atom. The summed E-state index contributed by atoms with van der Waals surface area (Å²) in [5.74, 6) is -0.201. The van der Waals surface area contributed by atoms with E-state index >= 15 is 0 Å². The van der Waals surface area contributed by atoms with Crippen LogP contribution in [0.1, 0.15) is 16.8 Å². The molecule has 1 aromatic heterocycles. The van der Waals surface area contributed by atoms with Crippen molar-refractivity contribution in [1.82, 2.24) is 10.3 Å². The first kappa shape index (κ1) is 13.3. The maximum atomic E-state index is 11.7. The van der Waals surface area contributed by atoms with Crippen LogP contribution in [0.15, 0.2) is 17.2 Å². The van der Waals surface area contributed by atoms with Gasteiger partial charge in [0.2, 0.25) is 0 Å². The van der Waals surface area contributed by atoms with E-state index in [1.807, 2.05) is 6.26 Å². The highest BCUT2D eigenvalue weighted by Crippen LogP contribution is 2.17. The number of nitrogens with zero attached hydrogens (tertiary/aromatic N) is 1. The van der Waals surface area contributed by atoms with Crippen LogP contribution in [0.4, 0.5) is 0 Å². The summed E-state index contributed by atoms with van der Waals surface area (Å²) in [4.78, 5) is 15.7. The Bertz CT molecular complexity index is 374. The number of rotatable bonds is 5. The fraction of sp³-hybridized carbons (Fsp3) is 0.400. The van der Waals surface area contributed by atoms with Gasteiger partial charge in [0.05, 0.1) is 5.03 Å². The van der Waals surface area contributed by atoms with Crippen LogP contribution in [0.5, 0.6) is 0 Å². The molecule has 0 aliphatic rings. The highest BCUT2D eigenvalue weighted by molar-refractivity contribution is 7.98. The lowest BCUT2D eigenvalue weighted by Gasteiger charge is -2.05. The third kappa shape index (κ3) is 4.00. The number of aliphatic hydroxyl groups is 1. The minimum Gasteiger partial charge on any atom is -0.396 e. The van der Waals surface area contributed by atoms with E-state index in [-0.39, 0.29) is 12.5 Å². The van der Waals surface area contributed by atoms with E-state index in [1.54, 1.807) is 6.07 Å². The Hall–Kier alpha value is -0.780. The molecule has 6 heteroatoms. The van der Waals surface area contributed by atoms with E-state index in [0.717, 1.165) is 0 Å². The molecule has 2 N–H and O–H groups in total. The second-order valence-electron chi connectivity index (χ2n) is 3.05. The SMILES string of the molecule is CSc1cc(C(=O)NCCCO)cc(Cl)n1. The Morgan fingerprint density at radius 3 is 3.00 bits per heavy atom. The van der Waals surface area contributed by atoms with Crippen molar-refractivity contribution in [3.05, 3.63) is 22.8 Å². The fourth-order valence-corrected chi connectivity index (χ4v) is 1.78. The smallest absolute Gasteiger partial charge is 0.251 e. The van der Waals surface area contributed by atoms with Crippen molar-refractivity contribution in [2.45, 2.75) is 11.4 Å². The monoisotopic (exact) mass is 260 g/mol. The minimum atomic E-state index is -0.201. The first-order valence-corrected chi connectivity index (χ1v) is 6.38. The minimum absolute atomic E-state index is 0.0629. The van der Waals surface area contributed by atoms with Crippen LogP contribution in [0.2, 0.25) is 5.15 Å². The number of hydrogen-bond donors (Lipinski definition) is 2. The quantitative estimate of drug-likeness (QED) is 0.479. The van der Waals surface area contributed by atoms with Gasteiger partial charge in [-0.05, 0) is 24.8 Å². The Labute approximate surface area is 103 Å². The van der Waals surface area contributed by atoms with Gasteiger partial charge in [-0.25, -0.2) is 4.98 Å². The average Bonchev–Trinajstić information content (AvgIpc) is 2.28. The predicted molar refractivity (Wildman–Crippen MR) is 65.1 cm³/mol. The summed E-state index contributed by atoms with van der Waals surface area (Å²) >= 11 is 7.22. The van der Waals surface area contributed by atoms with Crippen LogP contribution < -0.4 is 5.32 Å². The lowest BCUT2D eigenvalue weighted by molar-refractivity contribution is 0.0951. The van der Waals surface area contributed by atoms with Crippen LogP contribution in [0.25, 0.3) is 0 Å². The molecule has 4 nitrogen and oxygen atoms in total. The zero-order valence-electron chi connectivity index (χ0n) is 8.86. The Balaban J connectivity index is 2.71. The van der Waals surface area contributed by atoms with Crippen molar-refractivity contribution in [1.29, 1.82) is 0 Å². The largest absolute Gasteiger partial charge is 0.396 e. The normalized spacial score (nSPS) is 10.2. The van der Waals surface area contributed by atoms with Crippen LogP contribution in [0, 0.1) is 0 Å². The summed E-state index contributed by atoms with van der Waals surface area (Å²) in [5.41, 5.74) is 0.488. The molecule has 0 aromatic carbocycles. The highest BCUT2D eigenvalue weighted by atomic mass is 35.5. The van der Waals surface area contributed by atoms with E-state index in [2.05, 4.69) is 10.3 Å². The first-order chi connectivity index (χ1) is 7.67. The number of hydrogen-bond acceptors (Lipinski definition) is 4. The Morgan fingerprint density at radius 2 is 2.38 bits per heavy atom. The second-order valence-corrected chi connectivity index (χ2v) is 4.27. The number of pyridine rings is 1. The van der Waals surface area contributed by atoms with Gasteiger partial charge in [0.1, 0.15) is 5.15 Å². The number of thioether (sulfide) groups is 1. The van der Waals surface area contributed by atoms with E-state index in [9.17, 15) is 4.79 Å². The van der Waals surface area contributed by atoms with Gasteiger partial charge in [0, 0.05) is 18.7 Å². The standard InChI is InChI=1S/C10H13ClN2O2S/c1-16-9-6-7(5-8(11)13-9)10(15)12-3-2-4-14/h5-6,14H,2-4H2,1H3,(H,12,15). The number of halogens is 1. The van der Waals surface area contributed by atoms with Crippen molar-refractivity contribution in [3.8, 4) is 0 Å². The first-order valence-electron chi connectivity index (χ1n) is 4.78. The van der Waals surface area contributed by atoms with Gasteiger partial charge in [-0.15, -0.1) is 11.8 Å². The maximum absolute atomic E-state index is 11.7. The topological polar surface area (TPSA) is 62.2 Å². The molecule has 16 heavy (non-hydrogen) atoms. The third-order valence-electron chi connectivity index (χ3n) is 1.86. The van der Waals surface area contributed by atoms with Crippen molar-refractivity contribution >= 4 is 29.3 Å². The predicted octanol–water partition coefficient (Wildman–Crippen LogP) is 1.57. The van der Waals surface area contributed by atoms with Crippen LogP contribution in [0.3, 0.4) is 0 Å². The van der Waals surface area contributed by atoms with E-state index in [0.29, 0.717) is 28.7 Å². The van der Waals surface area contributed by atoms with Crippen molar-refractivity contribution in [2.24, 2.45) is 0 Å². The number of aromatic nitrogens is 1. The molecule has 1 rings (SSSR count). The van der Waals surface area contributed by atoms with Crippen molar-refractivity contribution in [2.75, 3.05) is 19.4 Å². The van der Waals surface area contributed by atoms with Crippen molar-refractivity contribution < 1.29 is 9.90 Å². The van der Waals surface area contributed by atoms with Gasteiger partial charge < -0.3 is 10.4 Å². The molecule has 1 aromatic rings. The van der Waals surface area contributed by atoms with Crippen LogP contribution >= 0.6 is 23.4 Å². The van der Waals surface area contributed by atoms with Gasteiger partial charge in [-0.3, -0.25) is 4.79 Å². The van der Waals surface area contributed by atoms with Gasteiger partial charge in [-0.2, -0.15) is 0 Å². The average molecular weight is 261 g/mol. The molecule has 0 saturated carbocycles. The number of aliphatic hydroxyl groups excluding tert-OH is 1. The molecule has 88 valence electrons. The lowest BCUT2D eigenvalue weighted by Crippen LogP contribution is -2.25. The number of nitrogens with one attached hydrogen (secondary N) is 1. The summed E-state index contributed by atoms with van der Waals surface area (Å²) in [5, 5.41) is 12.3. The molecule has 0 unspecified atom stereocenters. The molecule has 0 radical (unpaired) electrons. The molecule has 0 bridgehead atoms. The summed E-state index contributed by atoms with van der Waals surface area (Å²) in [6, 6.07) is 3.21. The molecule has 1 amide bonds. The van der Waals surface area contributed by atoms with Gasteiger partial charge in [0.15, 0.2) is 0 Å². The van der Waals surface area contributed by atoms with Crippen LogP contribution in [-0.4, -0.2) is 35.4 Å². The van der Waals surface area contributed by atoms with Gasteiger partial charge >= 0.3 is 0 Å². The molecule has 0 atom stereocenters. The molecular weight excluding hydrogens is 248 g/mol. The summed E-state index contributed by atoms with van der Waals surface area (Å²) in [7, 11) is 0. The summed E-state index contributed by atoms with van der Waals surface area (Å²) < 4.78 is 0. The van der Waals surface area contributed by atoms with Gasteiger partial charge in [0.25, 0.3) is 5.91 Å². The maximum Gasteiger partial charge on any atom is 0.251 e. The molecular formula is C10H13ClN2O2S. The number of amides is 1. The third-order valence-corrected chi connectivity index (χ3v) is 2.68. The zero-order chi connectivity index (χ0) is 12.0. The molecule has 0 aliphatic heterocycles. The molecule has 0 aliphatic carbocycles. The number of carbonyl (C=O) groups is 1. The molecule has 0 spiro atoms. The fourth-order valence-electron chi connectivity index (χ4n) is 1.09. The zero-order valence-corrected chi connectivity index (χ0v) is 10.4. The van der Waals surface area contributed by atoms with Crippen molar-refractivity contribution in [3.63, 3.8) is 0 Å².